The number of alkyl halides is 3. The van der Waals surface area contributed by atoms with Crippen molar-refractivity contribution in [3.05, 3.63) is 0 Å². The molecule has 158 valence electrons. The third-order valence-electron chi connectivity index (χ3n) is 11.0. The third kappa shape index (κ3) is 2.76. The van der Waals surface area contributed by atoms with Crippen molar-refractivity contribution in [3.8, 4) is 0 Å². The highest BCUT2D eigenvalue weighted by atomic mass is 19.4. The van der Waals surface area contributed by atoms with E-state index >= 15 is 0 Å². The Kier molecular flexibility index (Phi) is 4.08. The SMILES string of the molecule is C[C@]12CCC3C4CCC(C(F)(F)F)CC4CCC3C1[C@@H]1C[C@@H]1C2CCC1CC1. The number of halogens is 3. The normalized spacial score (nSPS) is 55.1. The molecule has 6 saturated carbocycles. The van der Waals surface area contributed by atoms with E-state index in [1.807, 2.05) is 0 Å². The Labute approximate surface area is 168 Å². The predicted molar refractivity (Wildman–Crippen MR) is 104 cm³/mol. The molecule has 0 nitrogen and oxygen atoms in total. The van der Waals surface area contributed by atoms with E-state index in [1.165, 1.54) is 51.4 Å². The first-order chi connectivity index (χ1) is 13.4. The second-order valence-corrected chi connectivity index (χ2v) is 12.1. The summed E-state index contributed by atoms with van der Waals surface area (Å²) in [5.74, 6) is 6.54. The van der Waals surface area contributed by atoms with Gasteiger partial charge in [0.05, 0.1) is 5.92 Å². The van der Waals surface area contributed by atoms with E-state index in [2.05, 4.69) is 6.92 Å². The van der Waals surface area contributed by atoms with Gasteiger partial charge in [0, 0.05) is 0 Å². The molecule has 6 rings (SSSR count). The van der Waals surface area contributed by atoms with Gasteiger partial charge in [-0.3, -0.25) is 0 Å². The second-order valence-electron chi connectivity index (χ2n) is 12.1. The molecule has 6 aliphatic carbocycles. The highest BCUT2D eigenvalue weighted by Crippen LogP contribution is 2.75. The van der Waals surface area contributed by atoms with Gasteiger partial charge in [0.15, 0.2) is 0 Å². The first-order valence-electron chi connectivity index (χ1n) is 12.4. The van der Waals surface area contributed by atoms with Crippen molar-refractivity contribution in [2.75, 3.05) is 0 Å². The van der Waals surface area contributed by atoms with Gasteiger partial charge in [-0.25, -0.2) is 0 Å². The van der Waals surface area contributed by atoms with Gasteiger partial charge < -0.3 is 0 Å². The van der Waals surface area contributed by atoms with Crippen molar-refractivity contribution >= 4 is 0 Å². The van der Waals surface area contributed by atoms with Crippen LogP contribution in [0.1, 0.15) is 84.0 Å². The van der Waals surface area contributed by atoms with Gasteiger partial charge in [0.25, 0.3) is 0 Å². The maximum absolute atomic E-state index is 13.3. The molecule has 6 aliphatic rings. The lowest BCUT2D eigenvalue weighted by molar-refractivity contribution is -0.196. The highest BCUT2D eigenvalue weighted by Gasteiger charge is 2.69. The summed E-state index contributed by atoms with van der Waals surface area (Å²) in [6, 6.07) is 0. The largest absolute Gasteiger partial charge is 0.391 e. The predicted octanol–water partition coefficient (Wildman–Crippen LogP) is 7.48. The standard InChI is InChI=1S/C25H37F3/c1-24-11-10-18-17-8-6-16(25(26,27)28)12-15(17)5-7-19(18)23(24)21-13-20(21)22(24)9-4-14-2-3-14/h14-23H,2-13H2,1H3/t15?,16?,17?,18?,19?,20-,21+,22?,23?,24+/m0/s1. The van der Waals surface area contributed by atoms with E-state index in [-0.39, 0.29) is 0 Å². The van der Waals surface area contributed by atoms with E-state index < -0.39 is 12.1 Å². The zero-order valence-corrected chi connectivity index (χ0v) is 17.4. The van der Waals surface area contributed by atoms with Crippen LogP contribution in [-0.2, 0) is 0 Å². The first-order valence-corrected chi connectivity index (χ1v) is 12.4. The van der Waals surface area contributed by atoms with Crippen LogP contribution in [-0.4, -0.2) is 6.18 Å². The van der Waals surface area contributed by atoms with Crippen molar-refractivity contribution in [1.82, 2.24) is 0 Å². The molecule has 0 amide bonds. The molecule has 3 heteroatoms. The van der Waals surface area contributed by atoms with Crippen molar-refractivity contribution in [1.29, 1.82) is 0 Å². The van der Waals surface area contributed by atoms with Gasteiger partial charge in [0.2, 0.25) is 0 Å². The Bertz CT molecular complexity index is 622. The molecular formula is C25H37F3. The summed E-state index contributed by atoms with van der Waals surface area (Å²) in [6.45, 7) is 2.64. The number of fused-ring (bicyclic) bond motifs is 7. The highest BCUT2D eigenvalue weighted by molar-refractivity contribution is 5.17. The summed E-state index contributed by atoms with van der Waals surface area (Å²) >= 11 is 0. The molecule has 0 N–H and O–H groups in total. The van der Waals surface area contributed by atoms with Gasteiger partial charge in [-0.15, -0.1) is 0 Å². The summed E-state index contributed by atoms with van der Waals surface area (Å²) in [4.78, 5) is 0. The molecule has 0 heterocycles. The zero-order chi connectivity index (χ0) is 19.3. The van der Waals surface area contributed by atoms with Crippen molar-refractivity contribution < 1.29 is 13.2 Å². The van der Waals surface area contributed by atoms with Gasteiger partial charge in [-0.2, -0.15) is 13.2 Å². The van der Waals surface area contributed by atoms with E-state index in [0.29, 0.717) is 30.1 Å². The molecule has 0 aromatic carbocycles. The Morgan fingerprint density at radius 1 is 0.750 bits per heavy atom. The van der Waals surface area contributed by atoms with Crippen LogP contribution in [0.15, 0.2) is 0 Å². The van der Waals surface area contributed by atoms with Gasteiger partial charge in [-0.05, 0) is 116 Å². The summed E-state index contributed by atoms with van der Waals surface area (Å²) in [7, 11) is 0. The minimum atomic E-state index is -3.96. The van der Waals surface area contributed by atoms with Crippen molar-refractivity contribution in [3.63, 3.8) is 0 Å². The third-order valence-corrected chi connectivity index (χ3v) is 11.0. The molecular weight excluding hydrogens is 357 g/mol. The molecule has 0 aliphatic heterocycles. The van der Waals surface area contributed by atoms with Crippen LogP contribution in [0, 0.1) is 64.6 Å². The maximum atomic E-state index is 13.3. The van der Waals surface area contributed by atoms with Crippen LogP contribution >= 0.6 is 0 Å². The fourth-order valence-corrected chi connectivity index (χ4v) is 9.63. The summed E-state index contributed by atoms with van der Waals surface area (Å²) in [6.07, 6.45) is 10.2. The van der Waals surface area contributed by atoms with E-state index in [1.54, 1.807) is 0 Å². The fourth-order valence-electron chi connectivity index (χ4n) is 9.63. The lowest BCUT2D eigenvalue weighted by Crippen LogP contribution is -2.50. The molecule has 7 unspecified atom stereocenters. The molecule has 10 atom stereocenters. The van der Waals surface area contributed by atoms with Crippen LogP contribution in [0.3, 0.4) is 0 Å². The van der Waals surface area contributed by atoms with Crippen LogP contribution in [0.4, 0.5) is 13.2 Å². The molecule has 0 radical (unpaired) electrons. The van der Waals surface area contributed by atoms with Gasteiger partial charge in [-0.1, -0.05) is 26.2 Å². The first kappa shape index (κ1) is 18.6. The smallest absolute Gasteiger partial charge is 0.171 e. The van der Waals surface area contributed by atoms with Crippen LogP contribution in [0.2, 0.25) is 0 Å². The molecule has 6 fully saturated rings. The lowest BCUT2D eigenvalue weighted by Gasteiger charge is -2.57. The van der Waals surface area contributed by atoms with Gasteiger partial charge in [0.1, 0.15) is 0 Å². The molecule has 28 heavy (non-hydrogen) atoms. The molecule has 0 aromatic rings. The number of hydrogen-bond acceptors (Lipinski definition) is 0. The summed E-state index contributed by atoms with van der Waals surface area (Å²) in [5, 5.41) is 0. The molecule has 0 spiro atoms. The Morgan fingerprint density at radius 3 is 2.29 bits per heavy atom. The minimum Gasteiger partial charge on any atom is -0.171 e. The van der Waals surface area contributed by atoms with Crippen molar-refractivity contribution in [2.24, 2.45) is 64.6 Å². The van der Waals surface area contributed by atoms with Crippen LogP contribution < -0.4 is 0 Å². The molecule has 0 saturated heterocycles. The maximum Gasteiger partial charge on any atom is 0.391 e. The number of hydrogen-bond donors (Lipinski definition) is 0. The van der Waals surface area contributed by atoms with Crippen molar-refractivity contribution in [2.45, 2.75) is 90.1 Å². The van der Waals surface area contributed by atoms with Gasteiger partial charge >= 0.3 is 6.18 Å². The Hall–Kier alpha value is -0.210. The molecule has 0 bridgehead atoms. The number of rotatable bonds is 3. The monoisotopic (exact) mass is 394 g/mol. The minimum absolute atomic E-state index is 0.369. The second kappa shape index (κ2) is 6.16. The van der Waals surface area contributed by atoms with Crippen LogP contribution in [0.5, 0.6) is 0 Å². The summed E-state index contributed by atoms with van der Waals surface area (Å²) < 4.78 is 39.9. The molecule has 0 aromatic heterocycles. The van der Waals surface area contributed by atoms with Crippen LogP contribution in [0.25, 0.3) is 0 Å². The van der Waals surface area contributed by atoms with E-state index in [9.17, 15) is 13.2 Å². The zero-order valence-electron chi connectivity index (χ0n) is 17.4. The topological polar surface area (TPSA) is 0 Å². The Balaban J connectivity index is 1.19. The average molecular weight is 395 g/mol. The van der Waals surface area contributed by atoms with E-state index in [4.69, 9.17) is 0 Å². The quantitative estimate of drug-likeness (QED) is 0.465. The summed E-state index contributed by atoms with van der Waals surface area (Å²) in [5.41, 5.74) is 0.569. The van der Waals surface area contributed by atoms with E-state index in [0.717, 1.165) is 54.3 Å². The Morgan fingerprint density at radius 2 is 1.54 bits per heavy atom. The lowest BCUT2D eigenvalue weighted by atomic mass is 9.48. The average Bonchev–Trinajstić information content (AvgIpc) is 3.57. The fraction of sp³-hybridized carbons (Fsp3) is 1.00.